The molecular weight excluding hydrogens is 118 g/mol. The smallest absolute Gasteiger partial charge is 0.0909 e. The van der Waals surface area contributed by atoms with Crippen molar-refractivity contribution in [1.29, 1.82) is 0 Å². The number of thiophene rings is 1. The van der Waals surface area contributed by atoms with Gasteiger partial charge in [-0.05, 0) is 17.5 Å². The molecule has 42 valence electrons. The van der Waals surface area contributed by atoms with E-state index in [0.717, 1.165) is 0 Å². The first-order chi connectivity index (χ1) is 3.97. The summed E-state index contributed by atoms with van der Waals surface area (Å²) >= 11 is 1.82. The Balaban J connectivity index is 2.28. The molecule has 1 aromatic rings. The fourth-order valence-electron chi connectivity index (χ4n) is 0.720. The zero-order valence-corrected chi connectivity index (χ0v) is 5.32. The van der Waals surface area contributed by atoms with E-state index in [1.165, 1.54) is 18.1 Å². The number of nitrogens with zero attached hydrogens (tertiary/aromatic N) is 1. The van der Waals surface area contributed by atoms with Crippen molar-refractivity contribution >= 4 is 16.3 Å². The third kappa shape index (κ3) is 0.611. The first kappa shape index (κ1) is 4.39. The van der Waals surface area contributed by atoms with Crippen molar-refractivity contribution in [2.75, 3.05) is 18.0 Å². The van der Waals surface area contributed by atoms with E-state index < -0.39 is 0 Å². The molecule has 1 fully saturated rings. The minimum absolute atomic E-state index is 1.26. The van der Waals surface area contributed by atoms with Crippen molar-refractivity contribution in [3.63, 3.8) is 0 Å². The quantitative estimate of drug-likeness (QED) is 0.515. The van der Waals surface area contributed by atoms with Crippen molar-refractivity contribution in [2.24, 2.45) is 0 Å². The zero-order chi connectivity index (χ0) is 5.40. The molecule has 0 aliphatic carbocycles. The topological polar surface area (TPSA) is 3.01 Å². The van der Waals surface area contributed by atoms with Crippen LogP contribution in [0.5, 0.6) is 0 Å². The molecular formula is C6H7NS. The van der Waals surface area contributed by atoms with Crippen molar-refractivity contribution in [2.45, 2.75) is 0 Å². The molecule has 0 saturated carbocycles. The van der Waals surface area contributed by atoms with Crippen LogP contribution in [-0.4, -0.2) is 13.1 Å². The highest BCUT2D eigenvalue weighted by atomic mass is 32.1. The minimum atomic E-state index is 1.26. The van der Waals surface area contributed by atoms with E-state index in [9.17, 15) is 0 Å². The molecule has 1 aliphatic heterocycles. The van der Waals surface area contributed by atoms with E-state index in [-0.39, 0.29) is 0 Å². The Morgan fingerprint density at radius 2 is 2.38 bits per heavy atom. The van der Waals surface area contributed by atoms with Crippen LogP contribution in [-0.2, 0) is 0 Å². The average Bonchev–Trinajstić information content (AvgIpc) is 2.49. The van der Waals surface area contributed by atoms with Gasteiger partial charge in [0, 0.05) is 13.1 Å². The molecule has 2 rings (SSSR count). The van der Waals surface area contributed by atoms with Crippen LogP contribution in [0, 0.1) is 0 Å². The van der Waals surface area contributed by atoms with E-state index in [4.69, 9.17) is 0 Å². The third-order valence-electron chi connectivity index (χ3n) is 1.27. The van der Waals surface area contributed by atoms with Crippen molar-refractivity contribution in [1.82, 2.24) is 0 Å². The van der Waals surface area contributed by atoms with Gasteiger partial charge in [-0.25, -0.2) is 0 Å². The number of hydrogen-bond donors (Lipinski definition) is 0. The van der Waals surface area contributed by atoms with E-state index in [1.54, 1.807) is 0 Å². The zero-order valence-electron chi connectivity index (χ0n) is 4.50. The van der Waals surface area contributed by atoms with Gasteiger partial charge >= 0.3 is 0 Å². The van der Waals surface area contributed by atoms with Crippen LogP contribution in [0.2, 0.25) is 0 Å². The van der Waals surface area contributed by atoms with Gasteiger partial charge in [-0.15, -0.1) is 11.3 Å². The van der Waals surface area contributed by atoms with Crippen LogP contribution in [0.15, 0.2) is 17.5 Å². The van der Waals surface area contributed by atoms with Gasteiger partial charge in [-0.1, -0.05) is 0 Å². The van der Waals surface area contributed by atoms with Crippen LogP contribution in [0.25, 0.3) is 0 Å². The Kier molecular flexibility index (Phi) is 0.815. The molecule has 8 heavy (non-hydrogen) atoms. The van der Waals surface area contributed by atoms with E-state index in [1.807, 2.05) is 11.3 Å². The second-order valence-electron chi connectivity index (χ2n) is 1.94. The molecule has 2 heteroatoms. The van der Waals surface area contributed by atoms with Gasteiger partial charge in [-0.3, -0.25) is 0 Å². The van der Waals surface area contributed by atoms with Gasteiger partial charge < -0.3 is 4.90 Å². The van der Waals surface area contributed by atoms with Crippen molar-refractivity contribution in [3.05, 3.63) is 17.5 Å². The standard InChI is InChI=1S/C6H7NS/c1-2-6(8-5-1)7-3-4-7/h1-2,5H,3-4H2. The molecule has 0 radical (unpaired) electrons. The summed E-state index contributed by atoms with van der Waals surface area (Å²) in [6, 6.07) is 4.26. The van der Waals surface area contributed by atoms with Crippen molar-refractivity contribution < 1.29 is 0 Å². The van der Waals surface area contributed by atoms with E-state index in [2.05, 4.69) is 22.4 Å². The summed E-state index contributed by atoms with van der Waals surface area (Å²) in [5.41, 5.74) is 0. The summed E-state index contributed by atoms with van der Waals surface area (Å²) in [7, 11) is 0. The average molecular weight is 125 g/mol. The summed E-state index contributed by atoms with van der Waals surface area (Å²) < 4.78 is 0. The Hall–Kier alpha value is -0.500. The fourth-order valence-corrected chi connectivity index (χ4v) is 1.51. The van der Waals surface area contributed by atoms with Crippen molar-refractivity contribution in [3.8, 4) is 0 Å². The van der Waals surface area contributed by atoms with Gasteiger partial charge in [0.2, 0.25) is 0 Å². The number of anilines is 1. The lowest BCUT2D eigenvalue weighted by molar-refractivity contribution is 1.46. The molecule has 1 saturated heterocycles. The van der Waals surface area contributed by atoms with E-state index in [0.29, 0.717) is 0 Å². The molecule has 0 amide bonds. The molecule has 0 spiro atoms. The van der Waals surface area contributed by atoms with Gasteiger partial charge in [0.05, 0.1) is 5.00 Å². The summed E-state index contributed by atoms with van der Waals surface area (Å²) in [6.07, 6.45) is 0. The maximum atomic E-state index is 2.35. The lowest BCUT2D eigenvalue weighted by atomic mass is 10.6. The first-order valence-corrected chi connectivity index (χ1v) is 3.63. The maximum Gasteiger partial charge on any atom is 0.0909 e. The highest BCUT2D eigenvalue weighted by molar-refractivity contribution is 7.14. The molecule has 0 atom stereocenters. The molecule has 1 nitrogen and oxygen atoms in total. The van der Waals surface area contributed by atoms with Crippen LogP contribution in [0.1, 0.15) is 0 Å². The van der Waals surface area contributed by atoms with Gasteiger partial charge in [0.25, 0.3) is 0 Å². The predicted molar refractivity (Wildman–Crippen MR) is 36.5 cm³/mol. The Morgan fingerprint density at radius 1 is 1.50 bits per heavy atom. The second-order valence-corrected chi connectivity index (χ2v) is 2.86. The lowest BCUT2D eigenvalue weighted by Crippen LogP contribution is -1.83. The first-order valence-electron chi connectivity index (χ1n) is 2.75. The Morgan fingerprint density at radius 3 is 2.88 bits per heavy atom. The highest BCUT2D eigenvalue weighted by Crippen LogP contribution is 2.25. The van der Waals surface area contributed by atoms with E-state index >= 15 is 0 Å². The largest absolute Gasteiger partial charge is 0.360 e. The minimum Gasteiger partial charge on any atom is -0.360 e. The SMILES string of the molecule is c1csc(N2CC2)c1. The van der Waals surface area contributed by atoms with Crippen LogP contribution in [0.3, 0.4) is 0 Å². The normalized spacial score (nSPS) is 16.8. The molecule has 0 N–H and O–H groups in total. The molecule has 2 heterocycles. The molecule has 1 aliphatic rings. The fraction of sp³-hybridized carbons (Fsp3) is 0.333. The Labute approximate surface area is 52.6 Å². The maximum absolute atomic E-state index is 2.35. The molecule has 0 aromatic carbocycles. The highest BCUT2D eigenvalue weighted by Gasteiger charge is 2.17. The predicted octanol–water partition coefficient (Wildman–Crippen LogP) is 1.57. The van der Waals surface area contributed by atoms with Gasteiger partial charge in [0.1, 0.15) is 0 Å². The molecule has 0 unspecified atom stereocenters. The third-order valence-corrected chi connectivity index (χ3v) is 2.19. The molecule has 0 bridgehead atoms. The Bertz CT molecular complexity index is 165. The van der Waals surface area contributed by atoms with Crippen LogP contribution in [0.4, 0.5) is 5.00 Å². The van der Waals surface area contributed by atoms with Gasteiger partial charge in [-0.2, -0.15) is 0 Å². The summed E-state index contributed by atoms with van der Waals surface area (Å²) in [5.74, 6) is 0. The summed E-state index contributed by atoms with van der Waals surface area (Å²) in [5, 5.41) is 3.54. The number of hydrogen-bond acceptors (Lipinski definition) is 2. The monoisotopic (exact) mass is 125 g/mol. The number of rotatable bonds is 1. The summed E-state index contributed by atoms with van der Waals surface area (Å²) in [4.78, 5) is 2.35. The molecule has 1 aromatic heterocycles. The van der Waals surface area contributed by atoms with Crippen LogP contribution >= 0.6 is 11.3 Å². The lowest BCUT2D eigenvalue weighted by Gasteiger charge is -1.91. The van der Waals surface area contributed by atoms with Crippen LogP contribution < -0.4 is 4.90 Å². The second kappa shape index (κ2) is 1.49. The van der Waals surface area contributed by atoms with Gasteiger partial charge in [0.15, 0.2) is 0 Å². The summed E-state index contributed by atoms with van der Waals surface area (Å²) in [6.45, 7) is 2.53.